The van der Waals surface area contributed by atoms with Gasteiger partial charge in [0.1, 0.15) is 29.3 Å². The molecule has 1 fully saturated rings. The van der Waals surface area contributed by atoms with Crippen LogP contribution in [0, 0.1) is 0 Å². The topological polar surface area (TPSA) is 91.3 Å². The van der Waals surface area contributed by atoms with Crippen molar-refractivity contribution < 1.29 is 33.6 Å². The quantitative estimate of drug-likeness (QED) is 0.740. The van der Waals surface area contributed by atoms with Gasteiger partial charge >= 0.3 is 5.97 Å². The summed E-state index contributed by atoms with van der Waals surface area (Å²) in [6, 6.07) is 2.98. The zero-order valence-corrected chi connectivity index (χ0v) is 16.3. The summed E-state index contributed by atoms with van der Waals surface area (Å²) in [6.45, 7) is 5.14. The van der Waals surface area contributed by atoms with Gasteiger partial charge in [-0.3, -0.25) is 4.79 Å². The zero-order valence-electron chi connectivity index (χ0n) is 16.3. The van der Waals surface area contributed by atoms with Crippen LogP contribution in [0.3, 0.4) is 0 Å². The molecule has 0 amide bonds. The Morgan fingerprint density at radius 3 is 2.64 bits per heavy atom. The highest BCUT2D eigenvalue weighted by Crippen LogP contribution is 2.33. The van der Waals surface area contributed by atoms with Gasteiger partial charge in [0, 0.05) is 6.07 Å². The van der Waals surface area contributed by atoms with Crippen molar-refractivity contribution >= 4 is 17.8 Å². The van der Waals surface area contributed by atoms with Crippen molar-refractivity contribution in [3.63, 3.8) is 0 Å². The first kappa shape index (κ1) is 20.1. The molecule has 1 N–H and O–H groups in total. The summed E-state index contributed by atoms with van der Waals surface area (Å²) in [5, 5.41) is 10.3. The van der Waals surface area contributed by atoms with Crippen LogP contribution in [0.15, 0.2) is 30.4 Å². The Morgan fingerprint density at radius 2 is 1.93 bits per heavy atom. The number of esters is 1. The number of hydrogen-bond donors (Lipinski definition) is 1. The predicted octanol–water partition coefficient (Wildman–Crippen LogP) is 3.01. The SMILES string of the molecule is COc1cc(O)c2c(c1)/C=C/C[C@@H]1OC(C)(C)O[C@@H]1C(=O)/C=C\[C@H](C)OC2=O. The molecular weight excluding hydrogens is 364 g/mol. The number of hydrogen-bond acceptors (Lipinski definition) is 7. The molecule has 2 aliphatic rings. The summed E-state index contributed by atoms with van der Waals surface area (Å²) < 4.78 is 22.2. The van der Waals surface area contributed by atoms with Gasteiger partial charge in [-0.25, -0.2) is 4.79 Å². The van der Waals surface area contributed by atoms with Crippen molar-refractivity contribution in [2.45, 2.75) is 51.3 Å². The van der Waals surface area contributed by atoms with Crippen molar-refractivity contribution in [1.82, 2.24) is 0 Å². The minimum Gasteiger partial charge on any atom is -0.507 e. The molecule has 1 aromatic carbocycles. The first-order valence-electron chi connectivity index (χ1n) is 9.06. The van der Waals surface area contributed by atoms with Crippen molar-refractivity contribution in [3.8, 4) is 11.5 Å². The van der Waals surface area contributed by atoms with E-state index >= 15 is 0 Å². The molecule has 2 aliphatic heterocycles. The van der Waals surface area contributed by atoms with Crippen molar-refractivity contribution in [3.05, 3.63) is 41.5 Å². The molecule has 28 heavy (non-hydrogen) atoms. The van der Waals surface area contributed by atoms with E-state index in [2.05, 4.69) is 0 Å². The van der Waals surface area contributed by atoms with Gasteiger partial charge in [0.25, 0.3) is 0 Å². The number of ketones is 1. The third-order valence-electron chi connectivity index (χ3n) is 4.52. The fraction of sp³-hybridized carbons (Fsp3) is 0.429. The summed E-state index contributed by atoms with van der Waals surface area (Å²) in [4.78, 5) is 25.1. The van der Waals surface area contributed by atoms with E-state index in [1.165, 1.54) is 25.3 Å². The van der Waals surface area contributed by atoms with E-state index in [-0.39, 0.29) is 17.1 Å². The van der Waals surface area contributed by atoms with Gasteiger partial charge in [0.15, 0.2) is 11.6 Å². The van der Waals surface area contributed by atoms with Gasteiger partial charge in [-0.1, -0.05) is 12.2 Å². The molecule has 0 radical (unpaired) electrons. The number of phenols is 1. The van der Waals surface area contributed by atoms with Crippen LogP contribution in [0.2, 0.25) is 0 Å². The molecule has 7 heteroatoms. The van der Waals surface area contributed by atoms with Gasteiger partial charge in [-0.15, -0.1) is 0 Å². The second-order valence-corrected chi connectivity index (χ2v) is 7.22. The van der Waals surface area contributed by atoms with Gasteiger partial charge in [-0.05, 0) is 51.0 Å². The van der Waals surface area contributed by atoms with E-state index in [4.69, 9.17) is 18.9 Å². The third-order valence-corrected chi connectivity index (χ3v) is 4.52. The van der Waals surface area contributed by atoms with Crippen LogP contribution in [0.25, 0.3) is 6.08 Å². The Labute approximate surface area is 163 Å². The highest BCUT2D eigenvalue weighted by molar-refractivity contribution is 5.97. The number of fused-ring (bicyclic) bond motifs is 2. The molecule has 3 atom stereocenters. The largest absolute Gasteiger partial charge is 0.507 e. The average molecular weight is 388 g/mol. The number of carbonyl (C=O) groups is 2. The standard InChI is InChI=1S/C21H24O7/c1-12-8-9-15(22)19-17(27-21(2,3)28-19)7-5-6-13-10-14(25-4)11-16(23)18(13)20(24)26-12/h5-6,8-12,17,19,23H,7H2,1-4H3/b6-5+,9-8-/t12-,17-,19+/m0/s1. The monoisotopic (exact) mass is 388 g/mol. The molecule has 150 valence electrons. The summed E-state index contributed by atoms with van der Waals surface area (Å²) in [6.07, 6.45) is 4.75. The van der Waals surface area contributed by atoms with Crippen molar-refractivity contribution in [2.75, 3.05) is 7.11 Å². The Hall–Kier alpha value is -2.64. The highest BCUT2D eigenvalue weighted by atomic mass is 16.8. The van der Waals surface area contributed by atoms with Crippen molar-refractivity contribution in [2.24, 2.45) is 0 Å². The number of aromatic hydroxyl groups is 1. The smallest absolute Gasteiger partial charge is 0.343 e. The molecule has 0 bridgehead atoms. The molecule has 3 rings (SSSR count). The maximum atomic E-state index is 12.6. The molecule has 0 aromatic heterocycles. The number of cyclic esters (lactones) is 1. The van der Waals surface area contributed by atoms with Gasteiger partial charge in [0.2, 0.25) is 0 Å². The van der Waals surface area contributed by atoms with Gasteiger partial charge in [0.05, 0.1) is 13.2 Å². The Kier molecular flexibility index (Phi) is 5.58. The number of carbonyl (C=O) groups excluding carboxylic acids is 2. The summed E-state index contributed by atoms with van der Waals surface area (Å²) in [7, 11) is 1.47. The molecule has 0 spiro atoms. The second kappa shape index (κ2) is 7.77. The predicted molar refractivity (Wildman–Crippen MR) is 101 cm³/mol. The Bertz CT molecular complexity index is 837. The molecular formula is C21H24O7. The molecule has 1 aromatic rings. The molecule has 2 heterocycles. The number of phenolic OH excluding ortho intramolecular Hbond substituents is 1. The second-order valence-electron chi connectivity index (χ2n) is 7.22. The lowest BCUT2D eigenvalue weighted by Crippen LogP contribution is -2.30. The van der Waals surface area contributed by atoms with E-state index < -0.39 is 30.1 Å². The van der Waals surface area contributed by atoms with E-state index in [9.17, 15) is 14.7 Å². The first-order chi connectivity index (χ1) is 13.2. The minimum atomic E-state index is -0.874. The first-order valence-corrected chi connectivity index (χ1v) is 9.06. The minimum absolute atomic E-state index is 0.0309. The van der Waals surface area contributed by atoms with Gasteiger partial charge < -0.3 is 24.1 Å². The lowest BCUT2D eigenvalue weighted by Gasteiger charge is -2.16. The Morgan fingerprint density at radius 1 is 1.18 bits per heavy atom. The number of ether oxygens (including phenoxy) is 4. The van der Waals surface area contributed by atoms with E-state index in [1.807, 2.05) is 0 Å². The highest BCUT2D eigenvalue weighted by Gasteiger charge is 2.43. The average Bonchev–Trinajstić information content (AvgIpc) is 2.93. The van der Waals surface area contributed by atoms with Gasteiger partial charge in [-0.2, -0.15) is 0 Å². The molecule has 0 unspecified atom stereocenters. The molecule has 0 aliphatic carbocycles. The number of rotatable bonds is 1. The van der Waals surface area contributed by atoms with Crippen molar-refractivity contribution in [1.29, 1.82) is 0 Å². The molecule has 0 saturated carbocycles. The maximum absolute atomic E-state index is 12.6. The van der Waals surface area contributed by atoms with Crippen LogP contribution in [0.5, 0.6) is 11.5 Å². The normalized spacial score (nSPS) is 29.4. The van der Waals surface area contributed by atoms with E-state index in [0.717, 1.165) is 0 Å². The Balaban J connectivity index is 2.03. The van der Waals surface area contributed by atoms with Crippen LogP contribution in [-0.4, -0.2) is 48.1 Å². The number of benzene rings is 1. The number of methoxy groups -OCH3 is 1. The molecule has 1 saturated heterocycles. The third kappa shape index (κ3) is 4.26. The van der Waals surface area contributed by atoms with Crippen LogP contribution in [0.4, 0.5) is 0 Å². The maximum Gasteiger partial charge on any atom is 0.343 e. The lowest BCUT2D eigenvalue weighted by atomic mass is 10.0. The van der Waals surface area contributed by atoms with Crippen LogP contribution in [0.1, 0.15) is 43.1 Å². The van der Waals surface area contributed by atoms with Crippen LogP contribution >= 0.6 is 0 Å². The molecule has 7 nitrogen and oxygen atoms in total. The fourth-order valence-electron chi connectivity index (χ4n) is 3.26. The van der Waals surface area contributed by atoms with E-state index in [1.54, 1.807) is 39.0 Å². The summed E-state index contributed by atoms with van der Waals surface area (Å²) in [5.74, 6) is -1.67. The zero-order chi connectivity index (χ0) is 20.5. The lowest BCUT2D eigenvalue weighted by molar-refractivity contribution is -0.152. The fourth-order valence-corrected chi connectivity index (χ4v) is 3.26. The summed E-state index contributed by atoms with van der Waals surface area (Å²) in [5.41, 5.74) is 0.474. The van der Waals surface area contributed by atoms with E-state index in [0.29, 0.717) is 17.7 Å². The van der Waals surface area contributed by atoms with Crippen LogP contribution in [-0.2, 0) is 19.0 Å². The summed E-state index contributed by atoms with van der Waals surface area (Å²) >= 11 is 0. The van der Waals surface area contributed by atoms with Crippen LogP contribution < -0.4 is 4.74 Å².